The van der Waals surface area contributed by atoms with Crippen LogP contribution in [0.4, 0.5) is 15.8 Å². The SMILES string of the molecule is O=[N+]([O-])c1ccc(NN=Cc2ccccc2F)cc1. The van der Waals surface area contributed by atoms with Gasteiger partial charge in [-0.15, -0.1) is 0 Å². The van der Waals surface area contributed by atoms with E-state index in [0.29, 0.717) is 11.3 Å². The molecule has 19 heavy (non-hydrogen) atoms. The Morgan fingerprint density at radius 1 is 1.16 bits per heavy atom. The number of halogens is 1. The highest BCUT2D eigenvalue weighted by Gasteiger charge is 2.02. The van der Waals surface area contributed by atoms with E-state index in [4.69, 9.17) is 0 Å². The van der Waals surface area contributed by atoms with Gasteiger partial charge in [-0.1, -0.05) is 18.2 Å². The molecule has 6 heteroatoms. The number of nitro groups is 1. The highest BCUT2D eigenvalue weighted by Crippen LogP contribution is 2.15. The molecule has 0 saturated carbocycles. The average Bonchev–Trinajstić information content (AvgIpc) is 2.41. The number of nitrogens with zero attached hydrogens (tertiary/aromatic N) is 2. The fourth-order valence-electron chi connectivity index (χ4n) is 1.41. The van der Waals surface area contributed by atoms with Gasteiger partial charge in [0.05, 0.1) is 16.8 Å². The Labute approximate surface area is 108 Å². The number of benzene rings is 2. The van der Waals surface area contributed by atoms with Crippen LogP contribution in [-0.2, 0) is 0 Å². The van der Waals surface area contributed by atoms with Gasteiger partial charge >= 0.3 is 0 Å². The third-order valence-electron chi connectivity index (χ3n) is 2.38. The molecule has 0 aliphatic heterocycles. The molecule has 0 fully saturated rings. The monoisotopic (exact) mass is 259 g/mol. The molecular formula is C13H10FN3O2. The smallest absolute Gasteiger partial charge is 0.269 e. The van der Waals surface area contributed by atoms with E-state index >= 15 is 0 Å². The molecule has 0 unspecified atom stereocenters. The minimum atomic E-state index is -0.480. The number of nitrogens with one attached hydrogen (secondary N) is 1. The van der Waals surface area contributed by atoms with E-state index in [9.17, 15) is 14.5 Å². The minimum Gasteiger partial charge on any atom is -0.278 e. The second kappa shape index (κ2) is 5.72. The molecule has 1 N–H and O–H groups in total. The van der Waals surface area contributed by atoms with Crippen molar-refractivity contribution in [3.8, 4) is 0 Å². The highest BCUT2D eigenvalue weighted by atomic mass is 19.1. The Bertz CT molecular complexity index is 612. The number of rotatable bonds is 4. The zero-order chi connectivity index (χ0) is 13.7. The van der Waals surface area contributed by atoms with Crippen LogP contribution in [0.25, 0.3) is 0 Å². The fraction of sp³-hybridized carbons (Fsp3) is 0. The van der Waals surface area contributed by atoms with Crippen LogP contribution in [0.1, 0.15) is 5.56 Å². The van der Waals surface area contributed by atoms with Crippen molar-refractivity contribution < 1.29 is 9.31 Å². The molecule has 0 aliphatic carbocycles. The summed E-state index contributed by atoms with van der Waals surface area (Å²) in [5.74, 6) is -0.364. The summed E-state index contributed by atoms with van der Waals surface area (Å²) in [6.45, 7) is 0. The van der Waals surface area contributed by atoms with Crippen LogP contribution in [0.5, 0.6) is 0 Å². The lowest BCUT2D eigenvalue weighted by atomic mass is 10.2. The molecule has 0 spiro atoms. The highest BCUT2D eigenvalue weighted by molar-refractivity contribution is 5.80. The molecule has 0 aliphatic rings. The normalized spacial score (nSPS) is 10.6. The van der Waals surface area contributed by atoms with Crippen LogP contribution in [-0.4, -0.2) is 11.1 Å². The van der Waals surface area contributed by atoms with Crippen LogP contribution < -0.4 is 5.43 Å². The number of nitro benzene ring substituents is 1. The lowest BCUT2D eigenvalue weighted by Gasteiger charge is -1.99. The van der Waals surface area contributed by atoms with Gasteiger partial charge in [0.1, 0.15) is 5.82 Å². The molecule has 2 aromatic carbocycles. The largest absolute Gasteiger partial charge is 0.278 e. The molecule has 0 saturated heterocycles. The van der Waals surface area contributed by atoms with E-state index in [2.05, 4.69) is 10.5 Å². The number of hydrazone groups is 1. The van der Waals surface area contributed by atoms with Gasteiger partial charge in [0.15, 0.2) is 0 Å². The second-order valence-corrected chi connectivity index (χ2v) is 3.70. The molecule has 0 radical (unpaired) electrons. The number of hydrogen-bond donors (Lipinski definition) is 1. The van der Waals surface area contributed by atoms with Crippen molar-refractivity contribution in [2.24, 2.45) is 5.10 Å². The summed E-state index contributed by atoms with van der Waals surface area (Å²) >= 11 is 0. The Morgan fingerprint density at radius 2 is 1.84 bits per heavy atom. The van der Waals surface area contributed by atoms with Gasteiger partial charge in [-0.05, 0) is 18.2 Å². The van der Waals surface area contributed by atoms with E-state index in [-0.39, 0.29) is 11.5 Å². The molecule has 0 atom stereocenters. The van der Waals surface area contributed by atoms with Crippen molar-refractivity contribution in [1.29, 1.82) is 0 Å². The Hall–Kier alpha value is -2.76. The first-order valence-corrected chi connectivity index (χ1v) is 5.45. The lowest BCUT2D eigenvalue weighted by Crippen LogP contribution is -1.93. The van der Waals surface area contributed by atoms with Crippen LogP contribution >= 0.6 is 0 Å². The molecule has 2 aromatic rings. The van der Waals surface area contributed by atoms with E-state index in [1.807, 2.05) is 0 Å². The van der Waals surface area contributed by atoms with Gasteiger partial charge in [-0.2, -0.15) is 5.10 Å². The molecule has 5 nitrogen and oxygen atoms in total. The zero-order valence-electron chi connectivity index (χ0n) is 9.79. The Balaban J connectivity index is 2.03. The van der Waals surface area contributed by atoms with Crippen LogP contribution in [0.2, 0.25) is 0 Å². The van der Waals surface area contributed by atoms with Crippen LogP contribution in [0.3, 0.4) is 0 Å². The van der Waals surface area contributed by atoms with Gasteiger partial charge < -0.3 is 0 Å². The molecule has 0 heterocycles. The predicted molar refractivity (Wildman–Crippen MR) is 70.7 cm³/mol. The van der Waals surface area contributed by atoms with Crippen molar-refractivity contribution in [2.45, 2.75) is 0 Å². The summed E-state index contributed by atoms with van der Waals surface area (Å²) < 4.78 is 13.3. The van der Waals surface area contributed by atoms with Crippen LogP contribution in [0, 0.1) is 15.9 Å². The number of anilines is 1. The zero-order valence-corrected chi connectivity index (χ0v) is 9.79. The quantitative estimate of drug-likeness (QED) is 0.521. The molecule has 0 bridgehead atoms. The standard InChI is InChI=1S/C13H10FN3O2/c14-13-4-2-1-3-10(13)9-15-16-11-5-7-12(8-6-11)17(18)19/h1-9,16H. The van der Waals surface area contributed by atoms with E-state index in [0.717, 1.165) is 0 Å². The lowest BCUT2D eigenvalue weighted by molar-refractivity contribution is -0.384. The molecular weight excluding hydrogens is 249 g/mol. The maximum absolute atomic E-state index is 13.3. The molecule has 0 amide bonds. The van der Waals surface area contributed by atoms with Gasteiger partial charge in [-0.3, -0.25) is 15.5 Å². The summed E-state index contributed by atoms with van der Waals surface area (Å²) in [5, 5.41) is 14.3. The van der Waals surface area contributed by atoms with Crippen molar-refractivity contribution in [2.75, 3.05) is 5.43 Å². The third kappa shape index (κ3) is 3.35. The summed E-state index contributed by atoms with van der Waals surface area (Å²) in [4.78, 5) is 9.98. The summed E-state index contributed by atoms with van der Waals surface area (Å²) in [5.41, 5.74) is 3.61. The first-order chi connectivity index (χ1) is 9.16. The topological polar surface area (TPSA) is 67.5 Å². The van der Waals surface area contributed by atoms with Crippen molar-refractivity contribution >= 4 is 17.6 Å². The summed E-state index contributed by atoms with van der Waals surface area (Å²) in [6.07, 6.45) is 1.34. The van der Waals surface area contributed by atoms with E-state index < -0.39 is 4.92 Å². The van der Waals surface area contributed by atoms with Gasteiger partial charge in [0.2, 0.25) is 0 Å². The van der Waals surface area contributed by atoms with Crippen molar-refractivity contribution in [3.05, 3.63) is 70.0 Å². The second-order valence-electron chi connectivity index (χ2n) is 3.70. The van der Waals surface area contributed by atoms with Crippen molar-refractivity contribution in [3.63, 3.8) is 0 Å². The predicted octanol–water partition coefficient (Wildman–Crippen LogP) is 3.18. The maximum Gasteiger partial charge on any atom is 0.269 e. The summed E-state index contributed by atoms with van der Waals surface area (Å²) in [7, 11) is 0. The molecule has 2 rings (SSSR count). The van der Waals surface area contributed by atoms with Crippen LogP contribution in [0.15, 0.2) is 53.6 Å². The Morgan fingerprint density at radius 3 is 2.47 bits per heavy atom. The maximum atomic E-state index is 13.3. The van der Waals surface area contributed by atoms with Gasteiger partial charge in [-0.25, -0.2) is 4.39 Å². The fourth-order valence-corrected chi connectivity index (χ4v) is 1.41. The minimum absolute atomic E-state index is 0.00336. The van der Waals surface area contributed by atoms with Gasteiger partial charge in [0, 0.05) is 17.7 Å². The number of hydrogen-bond acceptors (Lipinski definition) is 4. The van der Waals surface area contributed by atoms with E-state index in [1.54, 1.807) is 18.2 Å². The summed E-state index contributed by atoms with van der Waals surface area (Å²) in [6, 6.07) is 12.0. The third-order valence-corrected chi connectivity index (χ3v) is 2.38. The number of non-ortho nitro benzene ring substituents is 1. The Kier molecular flexibility index (Phi) is 3.82. The molecule has 96 valence electrons. The van der Waals surface area contributed by atoms with E-state index in [1.165, 1.54) is 36.5 Å². The first-order valence-electron chi connectivity index (χ1n) is 5.45. The molecule has 0 aromatic heterocycles. The van der Waals surface area contributed by atoms with Crippen molar-refractivity contribution in [1.82, 2.24) is 0 Å². The average molecular weight is 259 g/mol. The van der Waals surface area contributed by atoms with Gasteiger partial charge in [0.25, 0.3) is 5.69 Å². The first kappa shape index (κ1) is 12.7.